The zero-order chi connectivity index (χ0) is 13.8. The lowest BCUT2D eigenvalue weighted by Crippen LogP contribution is -2.30. The van der Waals surface area contributed by atoms with Crippen molar-refractivity contribution in [2.45, 2.75) is 19.4 Å². The van der Waals surface area contributed by atoms with Gasteiger partial charge < -0.3 is 15.4 Å². The first-order valence-electron chi connectivity index (χ1n) is 6.59. The minimum atomic E-state index is -0.834. The van der Waals surface area contributed by atoms with Gasteiger partial charge in [-0.05, 0) is 24.8 Å². The first-order chi connectivity index (χ1) is 9.13. The van der Waals surface area contributed by atoms with Gasteiger partial charge in [-0.1, -0.05) is 6.07 Å². The minimum Gasteiger partial charge on any atom is -0.381 e. The SMILES string of the molecule is CN(CC1CCOCC1)c1ccc(CN)c(F)c1F. The number of rotatable bonds is 4. The summed E-state index contributed by atoms with van der Waals surface area (Å²) in [5.41, 5.74) is 5.86. The molecule has 2 rings (SSSR count). The molecule has 0 saturated carbocycles. The predicted molar refractivity (Wildman–Crippen MR) is 71.1 cm³/mol. The highest BCUT2D eigenvalue weighted by molar-refractivity contribution is 5.49. The van der Waals surface area contributed by atoms with Gasteiger partial charge in [0.15, 0.2) is 11.6 Å². The van der Waals surface area contributed by atoms with E-state index in [4.69, 9.17) is 10.5 Å². The van der Waals surface area contributed by atoms with Gasteiger partial charge in [0.2, 0.25) is 0 Å². The summed E-state index contributed by atoms with van der Waals surface area (Å²) < 4.78 is 33.0. The van der Waals surface area contributed by atoms with Crippen LogP contribution in [0, 0.1) is 17.6 Å². The summed E-state index contributed by atoms with van der Waals surface area (Å²) in [6.07, 6.45) is 1.94. The number of nitrogens with zero attached hydrogens (tertiary/aromatic N) is 1. The fourth-order valence-corrected chi connectivity index (χ4v) is 2.45. The van der Waals surface area contributed by atoms with Crippen LogP contribution in [0.4, 0.5) is 14.5 Å². The molecule has 0 amide bonds. The van der Waals surface area contributed by atoms with E-state index in [1.165, 1.54) is 0 Å². The van der Waals surface area contributed by atoms with Crippen LogP contribution in [-0.2, 0) is 11.3 Å². The Balaban J connectivity index is 2.10. The number of halogens is 2. The highest BCUT2D eigenvalue weighted by atomic mass is 19.2. The Morgan fingerprint density at radius 3 is 2.58 bits per heavy atom. The lowest BCUT2D eigenvalue weighted by atomic mass is 9.99. The van der Waals surface area contributed by atoms with Crippen LogP contribution in [0.25, 0.3) is 0 Å². The van der Waals surface area contributed by atoms with E-state index in [1.807, 2.05) is 0 Å². The second-order valence-electron chi connectivity index (χ2n) is 5.01. The Kier molecular flexibility index (Phi) is 4.71. The highest BCUT2D eigenvalue weighted by Crippen LogP contribution is 2.25. The Bertz CT molecular complexity index is 434. The van der Waals surface area contributed by atoms with Gasteiger partial charge in [0.1, 0.15) is 0 Å². The highest BCUT2D eigenvalue weighted by Gasteiger charge is 2.20. The molecule has 1 aromatic carbocycles. The van der Waals surface area contributed by atoms with Crippen LogP contribution in [0.3, 0.4) is 0 Å². The van der Waals surface area contributed by atoms with E-state index in [0.29, 0.717) is 18.2 Å². The lowest BCUT2D eigenvalue weighted by Gasteiger charge is -2.28. The zero-order valence-corrected chi connectivity index (χ0v) is 11.2. The molecule has 1 heterocycles. The average molecular weight is 270 g/mol. The summed E-state index contributed by atoms with van der Waals surface area (Å²) in [5, 5.41) is 0. The molecule has 19 heavy (non-hydrogen) atoms. The number of hydrogen-bond donors (Lipinski definition) is 1. The van der Waals surface area contributed by atoms with Gasteiger partial charge >= 0.3 is 0 Å². The number of benzene rings is 1. The molecule has 0 radical (unpaired) electrons. The molecule has 1 aromatic rings. The average Bonchev–Trinajstić information content (AvgIpc) is 2.42. The summed E-state index contributed by atoms with van der Waals surface area (Å²) in [6.45, 7) is 2.22. The largest absolute Gasteiger partial charge is 0.381 e. The third kappa shape index (κ3) is 3.22. The topological polar surface area (TPSA) is 38.5 Å². The van der Waals surface area contributed by atoms with E-state index in [1.54, 1.807) is 24.1 Å². The Morgan fingerprint density at radius 1 is 1.26 bits per heavy atom. The molecule has 106 valence electrons. The van der Waals surface area contributed by atoms with Crippen molar-refractivity contribution in [2.24, 2.45) is 11.7 Å². The summed E-state index contributed by atoms with van der Waals surface area (Å²) in [4.78, 5) is 1.77. The van der Waals surface area contributed by atoms with Crippen molar-refractivity contribution in [3.63, 3.8) is 0 Å². The first kappa shape index (κ1) is 14.2. The molecule has 0 atom stereocenters. The summed E-state index contributed by atoms with van der Waals surface area (Å²) in [6, 6.07) is 3.15. The number of anilines is 1. The van der Waals surface area contributed by atoms with Crippen molar-refractivity contribution in [1.82, 2.24) is 0 Å². The molecule has 0 aromatic heterocycles. The second kappa shape index (κ2) is 6.30. The third-order valence-corrected chi connectivity index (χ3v) is 3.65. The van der Waals surface area contributed by atoms with Gasteiger partial charge in [-0.25, -0.2) is 8.78 Å². The molecule has 1 aliphatic heterocycles. The van der Waals surface area contributed by atoms with Gasteiger partial charge in [-0.2, -0.15) is 0 Å². The van der Waals surface area contributed by atoms with Crippen LogP contribution in [0.2, 0.25) is 0 Å². The van der Waals surface area contributed by atoms with Crippen LogP contribution in [0.15, 0.2) is 12.1 Å². The third-order valence-electron chi connectivity index (χ3n) is 3.65. The molecule has 3 nitrogen and oxygen atoms in total. The van der Waals surface area contributed by atoms with E-state index in [-0.39, 0.29) is 12.1 Å². The molecular weight excluding hydrogens is 250 g/mol. The van der Waals surface area contributed by atoms with Crippen molar-refractivity contribution in [2.75, 3.05) is 31.7 Å². The molecule has 2 N–H and O–H groups in total. The fourth-order valence-electron chi connectivity index (χ4n) is 2.45. The van der Waals surface area contributed by atoms with Gasteiger partial charge in [0.25, 0.3) is 0 Å². The number of hydrogen-bond acceptors (Lipinski definition) is 3. The predicted octanol–water partition coefficient (Wildman–Crippen LogP) is 2.29. The monoisotopic (exact) mass is 270 g/mol. The van der Waals surface area contributed by atoms with Crippen molar-refractivity contribution in [3.05, 3.63) is 29.3 Å². The summed E-state index contributed by atoms with van der Waals surface area (Å²) >= 11 is 0. The molecule has 5 heteroatoms. The maximum absolute atomic E-state index is 14.0. The van der Waals surface area contributed by atoms with Crippen LogP contribution >= 0.6 is 0 Å². The molecule has 1 aliphatic rings. The van der Waals surface area contributed by atoms with Crippen LogP contribution < -0.4 is 10.6 Å². The summed E-state index contributed by atoms with van der Waals surface area (Å²) in [7, 11) is 1.79. The van der Waals surface area contributed by atoms with Crippen LogP contribution in [0.5, 0.6) is 0 Å². The molecule has 0 unspecified atom stereocenters. The molecule has 1 fully saturated rings. The van der Waals surface area contributed by atoms with E-state index < -0.39 is 11.6 Å². The Morgan fingerprint density at radius 2 is 1.95 bits per heavy atom. The van der Waals surface area contributed by atoms with E-state index in [0.717, 1.165) is 26.1 Å². The lowest BCUT2D eigenvalue weighted by molar-refractivity contribution is 0.0685. The fraction of sp³-hybridized carbons (Fsp3) is 0.571. The smallest absolute Gasteiger partial charge is 0.182 e. The van der Waals surface area contributed by atoms with Gasteiger partial charge in [0, 0.05) is 38.9 Å². The number of nitrogens with two attached hydrogens (primary N) is 1. The molecule has 0 bridgehead atoms. The maximum Gasteiger partial charge on any atom is 0.182 e. The Hall–Kier alpha value is -1.20. The first-order valence-corrected chi connectivity index (χ1v) is 6.59. The van der Waals surface area contributed by atoms with E-state index in [9.17, 15) is 8.78 Å². The quantitative estimate of drug-likeness (QED) is 0.912. The number of ether oxygens (including phenoxy) is 1. The maximum atomic E-state index is 14.0. The van der Waals surface area contributed by atoms with Crippen molar-refractivity contribution in [1.29, 1.82) is 0 Å². The Labute approximate surface area is 112 Å². The van der Waals surface area contributed by atoms with E-state index in [2.05, 4.69) is 0 Å². The molecule has 1 saturated heterocycles. The molecule has 0 spiro atoms. The summed E-state index contributed by atoms with van der Waals surface area (Å²) in [5.74, 6) is -1.17. The van der Waals surface area contributed by atoms with Crippen LogP contribution in [-0.4, -0.2) is 26.8 Å². The second-order valence-corrected chi connectivity index (χ2v) is 5.01. The van der Waals surface area contributed by atoms with Crippen molar-refractivity contribution in [3.8, 4) is 0 Å². The normalized spacial score (nSPS) is 16.6. The van der Waals surface area contributed by atoms with Crippen LogP contribution in [0.1, 0.15) is 18.4 Å². The minimum absolute atomic E-state index is 0.00666. The van der Waals surface area contributed by atoms with E-state index >= 15 is 0 Å². The zero-order valence-electron chi connectivity index (χ0n) is 11.2. The molecular formula is C14H20F2N2O. The van der Waals surface area contributed by atoms with Gasteiger partial charge in [0.05, 0.1) is 5.69 Å². The van der Waals surface area contributed by atoms with Gasteiger partial charge in [-0.15, -0.1) is 0 Å². The standard InChI is InChI=1S/C14H20F2N2O/c1-18(9-10-4-6-19-7-5-10)12-3-2-11(8-17)13(15)14(12)16/h2-3,10H,4-9,17H2,1H3. The molecule has 0 aliphatic carbocycles. The van der Waals surface area contributed by atoms with Gasteiger partial charge in [-0.3, -0.25) is 0 Å². The van der Waals surface area contributed by atoms with Crippen molar-refractivity contribution >= 4 is 5.69 Å². The van der Waals surface area contributed by atoms with Crippen molar-refractivity contribution < 1.29 is 13.5 Å².